The lowest BCUT2D eigenvalue weighted by Gasteiger charge is -2.11. The summed E-state index contributed by atoms with van der Waals surface area (Å²) in [6.45, 7) is 3.53. The maximum absolute atomic E-state index is 12.2. The molecule has 0 aliphatic carbocycles. The molecular weight excluding hydrogens is 297 g/mol. The van der Waals surface area contributed by atoms with E-state index in [0.29, 0.717) is 26.2 Å². The number of aryl methyl sites for hydroxylation is 2. The van der Waals surface area contributed by atoms with E-state index in [-0.39, 0.29) is 5.75 Å². The van der Waals surface area contributed by atoms with Gasteiger partial charge < -0.3 is 14.0 Å². The van der Waals surface area contributed by atoms with Crippen molar-refractivity contribution < 1.29 is 22.6 Å². The molecule has 0 N–H and O–H groups in total. The Labute approximate surface area is 126 Å². The van der Waals surface area contributed by atoms with E-state index in [1.807, 2.05) is 17.7 Å². The van der Waals surface area contributed by atoms with Crippen molar-refractivity contribution in [3.05, 3.63) is 48.0 Å². The molecular formula is C15H17F3N2O2. The normalized spacial score (nSPS) is 11.6. The lowest BCUT2D eigenvalue weighted by Crippen LogP contribution is -2.17. The largest absolute Gasteiger partial charge is 0.573 e. The summed E-state index contributed by atoms with van der Waals surface area (Å²) >= 11 is 0. The molecule has 22 heavy (non-hydrogen) atoms. The molecule has 0 saturated heterocycles. The van der Waals surface area contributed by atoms with E-state index < -0.39 is 6.36 Å². The Balaban J connectivity index is 1.97. The SMILES string of the molecule is CCOCc1nccn1CCc1cccc(OC(F)(F)F)c1. The predicted octanol–water partition coefficient (Wildman–Crippen LogP) is 3.56. The van der Waals surface area contributed by atoms with Gasteiger partial charge in [0.05, 0.1) is 0 Å². The lowest BCUT2D eigenvalue weighted by atomic mass is 10.1. The molecule has 4 nitrogen and oxygen atoms in total. The van der Waals surface area contributed by atoms with Crippen LogP contribution in [0.25, 0.3) is 0 Å². The third-order valence-electron chi connectivity index (χ3n) is 3.01. The molecule has 0 aliphatic heterocycles. The van der Waals surface area contributed by atoms with Crippen LogP contribution in [0.2, 0.25) is 0 Å². The van der Waals surface area contributed by atoms with Crippen molar-refractivity contribution in [2.45, 2.75) is 32.9 Å². The van der Waals surface area contributed by atoms with Crippen molar-refractivity contribution in [2.24, 2.45) is 0 Å². The third kappa shape index (κ3) is 5.07. The predicted molar refractivity (Wildman–Crippen MR) is 74.4 cm³/mol. The number of hydrogen-bond acceptors (Lipinski definition) is 3. The van der Waals surface area contributed by atoms with Gasteiger partial charge in [0, 0.05) is 25.5 Å². The van der Waals surface area contributed by atoms with Crippen molar-refractivity contribution in [2.75, 3.05) is 6.61 Å². The molecule has 0 fully saturated rings. The second-order valence-corrected chi connectivity index (χ2v) is 4.62. The van der Waals surface area contributed by atoms with E-state index in [2.05, 4.69) is 9.72 Å². The molecule has 120 valence electrons. The number of imidazole rings is 1. The number of alkyl halides is 3. The zero-order valence-corrected chi connectivity index (χ0v) is 12.1. The summed E-state index contributed by atoms with van der Waals surface area (Å²) in [7, 11) is 0. The van der Waals surface area contributed by atoms with Crippen LogP contribution in [-0.4, -0.2) is 22.5 Å². The molecule has 7 heteroatoms. The van der Waals surface area contributed by atoms with Crippen LogP contribution >= 0.6 is 0 Å². The highest BCUT2D eigenvalue weighted by Crippen LogP contribution is 2.23. The first-order valence-electron chi connectivity index (χ1n) is 6.90. The van der Waals surface area contributed by atoms with Crippen LogP contribution in [0.1, 0.15) is 18.3 Å². The van der Waals surface area contributed by atoms with Gasteiger partial charge in [0.15, 0.2) is 0 Å². The van der Waals surface area contributed by atoms with Crippen LogP contribution in [0.4, 0.5) is 13.2 Å². The van der Waals surface area contributed by atoms with Gasteiger partial charge in [-0.15, -0.1) is 13.2 Å². The number of benzene rings is 1. The van der Waals surface area contributed by atoms with Gasteiger partial charge in [-0.25, -0.2) is 4.98 Å². The first-order chi connectivity index (χ1) is 10.5. The molecule has 0 unspecified atom stereocenters. The van der Waals surface area contributed by atoms with Gasteiger partial charge in [0.25, 0.3) is 0 Å². The molecule has 0 atom stereocenters. The summed E-state index contributed by atoms with van der Waals surface area (Å²) in [6.07, 6.45) is -0.597. The number of rotatable bonds is 7. The molecule has 0 radical (unpaired) electrons. The summed E-state index contributed by atoms with van der Waals surface area (Å²) in [5, 5.41) is 0. The number of nitrogens with zero attached hydrogens (tertiary/aromatic N) is 2. The summed E-state index contributed by atoms with van der Waals surface area (Å²) < 4.78 is 47.8. The van der Waals surface area contributed by atoms with Crippen molar-refractivity contribution in [3.63, 3.8) is 0 Å². The Bertz CT molecular complexity index is 596. The topological polar surface area (TPSA) is 36.3 Å². The molecule has 0 aliphatic rings. The van der Waals surface area contributed by atoms with Crippen molar-refractivity contribution >= 4 is 0 Å². The minimum Gasteiger partial charge on any atom is -0.406 e. The fourth-order valence-corrected chi connectivity index (χ4v) is 2.02. The highest BCUT2D eigenvalue weighted by atomic mass is 19.4. The van der Waals surface area contributed by atoms with Crippen LogP contribution in [0.3, 0.4) is 0 Å². The van der Waals surface area contributed by atoms with Crippen LogP contribution in [0, 0.1) is 0 Å². The Morgan fingerprint density at radius 2 is 2.09 bits per heavy atom. The van der Waals surface area contributed by atoms with E-state index in [1.54, 1.807) is 18.3 Å². The van der Waals surface area contributed by atoms with E-state index in [1.165, 1.54) is 12.1 Å². The van der Waals surface area contributed by atoms with Gasteiger partial charge in [0.2, 0.25) is 0 Å². The van der Waals surface area contributed by atoms with Crippen LogP contribution in [-0.2, 0) is 24.3 Å². The number of aromatic nitrogens is 2. The van der Waals surface area contributed by atoms with Crippen LogP contribution in [0.15, 0.2) is 36.7 Å². The minimum atomic E-state index is -4.67. The highest BCUT2D eigenvalue weighted by Gasteiger charge is 2.31. The van der Waals surface area contributed by atoms with Crippen LogP contribution < -0.4 is 4.74 Å². The molecule has 0 saturated carbocycles. The molecule has 2 rings (SSSR count). The third-order valence-corrected chi connectivity index (χ3v) is 3.01. The van der Waals surface area contributed by atoms with Gasteiger partial charge in [-0.3, -0.25) is 0 Å². The average Bonchev–Trinajstić information content (AvgIpc) is 2.89. The van der Waals surface area contributed by atoms with Crippen LogP contribution in [0.5, 0.6) is 5.75 Å². The standard InChI is InChI=1S/C15H17F3N2O2/c1-2-21-11-14-19-7-9-20(14)8-6-12-4-3-5-13(10-12)22-15(16,17)18/h3-5,7,9-10H,2,6,8,11H2,1H3. The quantitative estimate of drug-likeness (QED) is 0.784. The van der Waals surface area contributed by atoms with E-state index in [4.69, 9.17) is 4.74 Å². The minimum absolute atomic E-state index is 0.204. The molecule has 1 aromatic heterocycles. The summed E-state index contributed by atoms with van der Waals surface area (Å²) in [5.41, 5.74) is 0.762. The summed E-state index contributed by atoms with van der Waals surface area (Å²) in [4.78, 5) is 4.20. The maximum Gasteiger partial charge on any atom is 0.573 e. The lowest BCUT2D eigenvalue weighted by molar-refractivity contribution is -0.274. The molecule has 0 amide bonds. The van der Waals surface area contributed by atoms with E-state index >= 15 is 0 Å². The van der Waals surface area contributed by atoms with Gasteiger partial charge in [-0.2, -0.15) is 0 Å². The first-order valence-corrected chi connectivity index (χ1v) is 6.90. The smallest absolute Gasteiger partial charge is 0.406 e. The Morgan fingerprint density at radius 3 is 2.82 bits per heavy atom. The number of ether oxygens (including phenoxy) is 2. The summed E-state index contributed by atoms with van der Waals surface area (Å²) in [6, 6.07) is 6.00. The second kappa shape index (κ2) is 7.31. The number of hydrogen-bond donors (Lipinski definition) is 0. The van der Waals surface area contributed by atoms with Gasteiger partial charge in [-0.05, 0) is 31.0 Å². The van der Waals surface area contributed by atoms with Gasteiger partial charge in [0.1, 0.15) is 18.2 Å². The Kier molecular flexibility index (Phi) is 5.43. The first kappa shape index (κ1) is 16.4. The Hall–Kier alpha value is -2.02. The van der Waals surface area contributed by atoms with Crippen molar-refractivity contribution in [1.82, 2.24) is 9.55 Å². The molecule has 0 bridgehead atoms. The molecule has 1 heterocycles. The fraction of sp³-hybridized carbons (Fsp3) is 0.400. The van der Waals surface area contributed by atoms with E-state index in [9.17, 15) is 13.2 Å². The maximum atomic E-state index is 12.2. The average molecular weight is 314 g/mol. The monoisotopic (exact) mass is 314 g/mol. The van der Waals surface area contributed by atoms with Gasteiger partial charge >= 0.3 is 6.36 Å². The second-order valence-electron chi connectivity index (χ2n) is 4.62. The Morgan fingerprint density at radius 1 is 1.27 bits per heavy atom. The number of halogens is 3. The van der Waals surface area contributed by atoms with E-state index in [0.717, 1.165) is 11.4 Å². The van der Waals surface area contributed by atoms with Gasteiger partial charge in [-0.1, -0.05) is 12.1 Å². The zero-order chi connectivity index (χ0) is 16.0. The molecule has 0 spiro atoms. The van der Waals surface area contributed by atoms with Crippen molar-refractivity contribution in [1.29, 1.82) is 0 Å². The summed E-state index contributed by atoms with van der Waals surface area (Å²) in [5.74, 6) is 0.592. The highest BCUT2D eigenvalue weighted by molar-refractivity contribution is 5.28. The fourth-order valence-electron chi connectivity index (χ4n) is 2.02. The zero-order valence-electron chi connectivity index (χ0n) is 12.1. The molecule has 2 aromatic rings. The van der Waals surface area contributed by atoms with Crippen molar-refractivity contribution in [3.8, 4) is 5.75 Å². The molecule has 1 aromatic carbocycles.